The van der Waals surface area contributed by atoms with Crippen molar-refractivity contribution in [2.75, 3.05) is 17.2 Å². The lowest BCUT2D eigenvalue weighted by Gasteiger charge is -2.25. The minimum absolute atomic E-state index is 0.0551. The molecule has 1 aliphatic heterocycles. The van der Waals surface area contributed by atoms with Crippen LogP contribution in [0, 0.1) is 11.3 Å². The van der Waals surface area contributed by atoms with E-state index in [-0.39, 0.29) is 22.9 Å². The topological polar surface area (TPSA) is 177 Å². The third kappa shape index (κ3) is 6.93. The van der Waals surface area contributed by atoms with Crippen LogP contribution in [0.15, 0.2) is 77.7 Å². The second-order valence-electron chi connectivity index (χ2n) is 10.3. The number of carboxylic acid groups (broad SMARTS) is 2. The number of thioether (sulfide) groups is 1. The van der Waals surface area contributed by atoms with Gasteiger partial charge in [-0.05, 0) is 53.9 Å². The van der Waals surface area contributed by atoms with Gasteiger partial charge in [0.05, 0.1) is 28.8 Å². The number of carbonyl (C=O) groups excluding carboxylic acids is 3. The molecule has 0 bridgehead atoms. The van der Waals surface area contributed by atoms with Gasteiger partial charge in [-0.15, -0.1) is 23.1 Å². The van der Waals surface area contributed by atoms with E-state index in [0.717, 1.165) is 28.6 Å². The Labute approximate surface area is 271 Å². The van der Waals surface area contributed by atoms with Crippen LogP contribution >= 0.6 is 23.1 Å². The number of nitrogens with one attached hydrogen (secondary N) is 2. The molecule has 3 amide bonds. The zero-order chi connectivity index (χ0) is 33.0. The van der Waals surface area contributed by atoms with Crippen LogP contribution in [0.3, 0.4) is 0 Å². The fourth-order valence-corrected chi connectivity index (χ4v) is 7.29. The van der Waals surface area contributed by atoms with Crippen molar-refractivity contribution in [3.05, 3.63) is 111 Å². The monoisotopic (exact) mass is 654 g/mol. The van der Waals surface area contributed by atoms with E-state index in [4.69, 9.17) is 0 Å². The molecule has 0 spiro atoms. The average Bonchev–Trinajstić information content (AvgIpc) is 3.39. The zero-order valence-electron chi connectivity index (χ0n) is 24.3. The Hall–Kier alpha value is -5.45. The van der Waals surface area contributed by atoms with Crippen molar-refractivity contribution in [1.29, 1.82) is 5.26 Å². The number of nitriles is 1. The number of benzene rings is 3. The highest BCUT2D eigenvalue weighted by Crippen LogP contribution is 2.40. The molecular weight excluding hydrogens is 629 g/mol. The molecule has 4 N–H and O–H groups in total. The zero-order valence-corrected chi connectivity index (χ0v) is 25.9. The lowest BCUT2D eigenvalue weighted by molar-refractivity contribution is -0.129. The van der Waals surface area contributed by atoms with Gasteiger partial charge in [0.2, 0.25) is 11.8 Å². The molecule has 0 saturated heterocycles. The number of anilines is 2. The molecule has 2 heterocycles. The molecule has 46 heavy (non-hydrogen) atoms. The number of hydrogen-bond acceptors (Lipinski definition) is 8. The Bertz CT molecular complexity index is 1920. The molecule has 1 unspecified atom stereocenters. The van der Waals surface area contributed by atoms with Crippen LogP contribution in [0.2, 0.25) is 0 Å². The Kier molecular flexibility index (Phi) is 9.50. The van der Waals surface area contributed by atoms with Crippen LogP contribution < -0.4 is 10.6 Å². The quantitative estimate of drug-likeness (QED) is 0.166. The number of fused-ring (bicyclic) bond motifs is 1. The van der Waals surface area contributed by atoms with Crippen molar-refractivity contribution in [3.63, 3.8) is 0 Å². The molecular formula is C33H26N4O7S2. The van der Waals surface area contributed by atoms with Crippen LogP contribution in [0.25, 0.3) is 0 Å². The highest BCUT2D eigenvalue weighted by Gasteiger charge is 2.29. The second-order valence-corrected chi connectivity index (χ2v) is 12.5. The number of thiophene rings is 1. The van der Waals surface area contributed by atoms with Gasteiger partial charge in [0.1, 0.15) is 16.3 Å². The molecule has 1 aromatic heterocycles. The molecule has 1 aliphatic rings. The van der Waals surface area contributed by atoms with Gasteiger partial charge in [-0.3, -0.25) is 14.4 Å². The van der Waals surface area contributed by atoms with E-state index in [1.165, 1.54) is 30.0 Å². The number of carbonyl (C=O) groups is 5. The third-order valence-corrected chi connectivity index (χ3v) is 9.66. The summed E-state index contributed by atoms with van der Waals surface area (Å²) < 4.78 is 0. The molecule has 232 valence electrons. The van der Waals surface area contributed by atoms with Gasteiger partial charge in [-0.25, -0.2) is 9.59 Å². The van der Waals surface area contributed by atoms with E-state index in [2.05, 4.69) is 16.7 Å². The number of hydrogen-bond donors (Lipinski definition) is 4. The maximum Gasteiger partial charge on any atom is 0.336 e. The molecule has 0 radical (unpaired) electrons. The predicted octanol–water partition coefficient (Wildman–Crippen LogP) is 5.65. The van der Waals surface area contributed by atoms with Crippen molar-refractivity contribution in [3.8, 4) is 6.07 Å². The SMILES string of the molecule is CC(=O)N1CCc2c(sc(NC(=O)C(Sc3cccc(NC(=O)c4ccc(C(=O)O)cc4C(=O)O)c3)c3ccccc3)c2C#N)C1. The average molecular weight is 655 g/mol. The number of rotatable bonds is 9. The van der Waals surface area contributed by atoms with E-state index in [0.29, 0.717) is 46.2 Å². The summed E-state index contributed by atoms with van der Waals surface area (Å²) in [5.74, 6) is -3.94. The van der Waals surface area contributed by atoms with Gasteiger partial charge < -0.3 is 25.7 Å². The van der Waals surface area contributed by atoms with E-state index in [9.17, 15) is 39.4 Å². The maximum atomic E-state index is 13.8. The first-order chi connectivity index (χ1) is 22.0. The van der Waals surface area contributed by atoms with E-state index in [1.807, 2.05) is 30.3 Å². The Balaban J connectivity index is 1.39. The fraction of sp³-hybridized carbons (Fsp3) is 0.152. The van der Waals surface area contributed by atoms with Gasteiger partial charge in [-0.2, -0.15) is 5.26 Å². The van der Waals surface area contributed by atoms with Crippen molar-refractivity contribution in [2.45, 2.75) is 30.0 Å². The number of carboxylic acids is 2. The molecule has 5 rings (SSSR count). The number of aromatic carboxylic acids is 2. The summed E-state index contributed by atoms with van der Waals surface area (Å²) in [6, 6.07) is 21.2. The van der Waals surface area contributed by atoms with Crippen molar-refractivity contribution in [1.82, 2.24) is 4.90 Å². The van der Waals surface area contributed by atoms with Crippen molar-refractivity contribution < 1.29 is 34.2 Å². The van der Waals surface area contributed by atoms with Gasteiger partial charge in [-0.1, -0.05) is 36.4 Å². The summed E-state index contributed by atoms with van der Waals surface area (Å²) in [5.41, 5.74) is 1.34. The standard InChI is InChI=1S/C33H26N4O7S2/c1-18(38)37-13-12-23-26(16-34)31(46-27(23)17-37)36-30(40)28(19-6-3-2-4-7-19)45-22-9-5-8-21(15-22)35-29(39)24-11-10-20(32(41)42)14-25(24)33(43)44/h2-11,14-15,28H,12-13,17H2,1H3,(H,35,39)(H,36,40)(H,41,42)(H,43,44). The molecule has 0 saturated carbocycles. The summed E-state index contributed by atoms with van der Waals surface area (Å²) in [6.45, 7) is 2.38. The highest BCUT2D eigenvalue weighted by molar-refractivity contribution is 8.00. The number of amides is 3. The highest BCUT2D eigenvalue weighted by atomic mass is 32.2. The molecule has 13 heteroatoms. The van der Waals surface area contributed by atoms with Gasteiger partial charge in [0, 0.05) is 28.9 Å². The predicted molar refractivity (Wildman–Crippen MR) is 172 cm³/mol. The van der Waals surface area contributed by atoms with E-state index in [1.54, 1.807) is 29.2 Å². The summed E-state index contributed by atoms with van der Waals surface area (Å²) >= 11 is 2.51. The maximum absolute atomic E-state index is 13.8. The normalized spacial score (nSPS) is 12.7. The second kappa shape index (κ2) is 13.7. The fourth-order valence-electron chi connectivity index (χ4n) is 4.99. The first kappa shape index (κ1) is 32.0. The van der Waals surface area contributed by atoms with Crippen LogP contribution in [0.5, 0.6) is 0 Å². The molecule has 3 aromatic carbocycles. The number of nitrogens with zero attached hydrogens (tertiary/aromatic N) is 2. The molecule has 4 aromatic rings. The molecule has 11 nitrogen and oxygen atoms in total. The van der Waals surface area contributed by atoms with Crippen molar-refractivity contribution >= 4 is 63.4 Å². The summed E-state index contributed by atoms with van der Waals surface area (Å²) in [5, 5.41) is 34.0. The van der Waals surface area contributed by atoms with Crippen molar-refractivity contribution in [2.24, 2.45) is 0 Å². The first-order valence-electron chi connectivity index (χ1n) is 13.9. The summed E-state index contributed by atoms with van der Waals surface area (Å²) in [7, 11) is 0. The Morgan fingerprint density at radius 2 is 1.70 bits per heavy atom. The van der Waals surface area contributed by atoms with Crippen LogP contribution in [-0.4, -0.2) is 51.3 Å². The minimum atomic E-state index is -1.45. The van der Waals surface area contributed by atoms with Gasteiger partial charge in [0.15, 0.2) is 0 Å². The largest absolute Gasteiger partial charge is 0.478 e. The summed E-state index contributed by atoms with van der Waals surface area (Å²) in [4.78, 5) is 65.0. The van der Waals surface area contributed by atoms with Crippen LogP contribution in [-0.2, 0) is 22.6 Å². The van der Waals surface area contributed by atoms with Gasteiger partial charge in [0.25, 0.3) is 5.91 Å². The Morgan fingerprint density at radius 1 is 0.935 bits per heavy atom. The minimum Gasteiger partial charge on any atom is -0.478 e. The Morgan fingerprint density at radius 3 is 2.37 bits per heavy atom. The van der Waals surface area contributed by atoms with E-state index < -0.39 is 28.7 Å². The molecule has 0 aliphatic carbocycles. The lowest BCUT2D eigenvalue weighted by Crippen LogP contribution is -2.33. The van der Waals surface area contributed by atoms with Crippen LogP contribution in [0.1, 0.15) is 64.8 Å². The van der Waals surface area contributed by atoms with Gasteiger partial charge >= 0.3 is 11.9 Å². The van der Waals surface area contributed by atoms with E-state index >= 15 is 0 Å². The summed E-state index contributed by atoms with van der Waals surface area (Å²) in [6.07, 6.45) is 0.525. The smallest absolute Gasteiger partial charge is 0.336 e. The molecule has 0 fully saturated rings. The third-order valence-electron chi connectivity index (χ3n) is 7.28. The lowest BCUT2D eigenvalue weighted by atomic mass is 10.0. The van der Waals surface area contributed by atoms with Crippen LogP contribution in [0.4, 0.5) is 10.7 Å². The first-order valence-corrected chi connectivity index (χ1v) is 15.6. The molecule has 1 atom stereocenters.